The highest BCUT2D eigenvalue weighted by atomic mass is 35.5. The molecule has 3 aromatic heterocycles. The Labute approximate surface area is 167 Å². The maximum atomic E-state index is 12.2. The summed E-state index contributed by atoms with van der Waals surface area (Å²) in [7, 11) is 1.32. The molecular formula is C20H18ClN5O2. The minimum atomic E-state index is -0.532. The molecule has 7 nitrogen and oxygen atoms in total. The molecule has 0 aliphatic heterocycles. The van der Waals surface area contributed by atoms with Crippen molar-refractivity contribution in [2.75, 3.05) is 12.4 Å². The Balaban J connectivity index is 1.84. The van der Waals surface area contributed by atoms with Gasteiger partial charge in [-0.1, -0.05) is 11.6 Å². The van der Waals surface area contributed by atoms with E-state index in [1.807, 2.05) is 19.1 Å². The van der Waals surface area contributed by atoms with Gasteiger partial charge in [0.1, 0.15) is 28.2 Å². The zero-order valence-electron chi connectivity index (χ0n) is 15.4. The molecule has 3 heterocycles. The van der Waals surface area contributed by atoms with Gasteiger partial charge in [0.05, 0.1) is 7.11 Å². The molecule has 1 N–H and O–H groups in total. The third kappa shape index (κ3) is 3.53. The zero-order chi connectivity index (χ0) is 19.7. The second-order valence-electron chi connectivity index (χ2n) is 6.55. The molecule has 1 saturated carbocycles. The van der Waals surface area contributed by atoms with Gasteiger partial charge in [0.25, 0.3) is 0 Å². The summed E-state index contributed by atoms with van der Waals surface area (Å²) < 4.78 is 4.88. The summed E-state index contributed by atoms with van der Waals surface area (Å²) in [5.74, 6) is 1.85. The van der Waals surface area contributed by atoms with Crippen molar-refractivity contribution in [1.82, 2.24) is 19.9 Å². The van der Waals surface area contributed by atoms with Crippen molar-refractivity contribution < 1.29 is 9.53 Å². The number of carbonyl (C=O) groups excluding carboxylic acids is 1. The number of esters is 1. The number of nitrogens with one attached hydrogen (secondary N) is 1. The predicted octanol–water partition coefficient (Wildman–Crippen LogP) is 4.30. The smallest absolute Gasteiger partial charge is 0.341 e. The molecule has 1 aliphatic carbocycles. The quantitative estimate of drug-likeness (QED) is 0.508. The number of hydrogen-bond donors (Lipinski definition) is 1. The molecule has 4 rings (SSSR count). The van der Waals surface area contributed by atoms with E-state index in [2.05, 4.69) is 25.3 Å². The fourth-order valence-electron chi connectivity index (χ4n) is 3.07. The van der Waals surface area contributed by atoms with Crippen molar-refractivity contribution in [2.45, 2.75) is 25.7 Å². The minimum absolute atomic E-state index is 0.0705. The van der Waals surface area contributed by atoms with Gasteiger partial charge in [-0.25, -0.2) is 19.7 Å². The lowest BCUT2D eigenvalue weighted by atomic mass is 9.98. The number of hydrogen-bond acceptors (Lipinski definition) is 7. The number of rotatable bonds is 5. The average molecular weight is 396 g/mol. The van der Waals surface area contributed by atoms with Crippen LogP contribution in [-0.2, 0) is 4.74 Å². The molecule has 1 fully saturated rings. The molecule has 0 spiro atoms. The van der Waals surface area contributed by atoms with Gasteiger partial charge in [-0.05, 0) is 49.1 Å². The average Bonchev–Trinajstić information content (AvgIpc) is 3.54. The van der Waals surface area contributed by atoms with Gasteiger partial charge in [0.2, 0.25) is 0 Å². The summed E-state index contributed by atoms with van der Waals surface area (Å²) in [5.41, 5.74) is 2.49. The molecular weight excluding hydrogens is 378 g/mol. The Morgan fingerprint density at radius 2 is 1.93 bits per heavy atom. The molecule has 0 atom stereocenters. The molecule has 0 bridgehead atoms. The van der Waals surface area contributed by atoms with Crippen molar-refractivity contribution >= 4 is 29.2 Å². The first-order chi connectivity index (χ1) is 13.6. The Kier molecular flexibility index (Phi) is 4.92. The first kappa shape index (κ1) is 18.3. The Morgan fingerprint density at radius 1 is 1.18 bits per heavy atom. The van der Waals surface area contributed by atoms with Crippen LogP contribution in [0.3, 0.4) is 0 Å². The predicted molar refractivity (Wildman–Crippen MR) is 106 cm³/mol. The van der Waals surface area contributed by atoms with Gasteiger partial charge in [0.15, 0.2) is 0 Å². The molecule has 0 aromatic carbocycles. The van der Waals surface area contributed by atoms with E-state index < -0.39 is 5.97 Å². The summed E-state index contributed by atoms with van der Waals surface area (Å²) in [4.78, 5) is 29.7. The first-order valence-corrected chi connectivity index (χ1v) is 9.25. The summed E-state index contributed by atoms with van der Waals surface area (Å²) in [6, 6.07) is 5.47. The topological polar surface area (TPSA) is 89.9 Å². The molecule has 3 aromatic rings. The number of aromatic nitrogens is 4. The Bertz CT molecular complexity index is 1040. The summed E-state index contributed by atoms with van der Waals surface area (Å²) >= 11 is 6.33. The maximum Gasteiger partial charge on any atom is 0.341 e. The van der Waals surface area contributed by atoms with Gasteiger partial charge in [-0.15, -0.1) is 0 Å². The van der Waals surface area contributed by atoms with Crippen LogP contribution in [0.15, 0.2) is 36.8 Å². The molecule has 0 amide bonds. The molecule has 28 heavy (non-hydrogen) atoms. The molecule has 142 valence electrons. The lowest BCUT2D eigenvalue weighted by molar-refractivity contribution is 0.0600. The van der Waals surface area contributed by atoms with Crippen LogP contribution in [0.1, 0.15) is 40.5 Å². The molecule has 0 unspecified atom stereocenters. The highest BCUT2D eigenvalue weighted by molar-refractivity contribution is 6.33. The third-order valence-electron chi connectivity index (χ3n) is 4.62. The number of carbonyl (C=O) groups is 1. The van der Waals surface area contributed by atoms with E-state index >= 15 is 0 Å². The molecule has 1 aliphatic rings. The molecule has 8 heteroatoms. The Morgan fingerprint density at radius 3 is 2.61 bits per heavy atom. The Hall–Kier alpha value is -3.06. The van der Waals surface area contributed by atoms with Gasteiger partial charge >= 0.3 is 5.97 Å². The van der Waals surface area contributed by atoms with Crippen LogP contribution in [0, 0.1) is 6.92 Å². The fraction of sp³-hybridized carbons (Fsp3) is 0.250. The minimum Gasteiger partial charge on any atom is -0.465 e. The van der Waals surface area contributed by atoms with Crippen LogP contribution in [-0.4, -0.2) is 33.0 Å². The van der Waals surface area contributed by atoms with Crippen molar-refractivity contribution in [1.29, 1.82) is 0 Å². The van der Waals surface area contributed by atoms with Crippen LogP contribution in [0.4, 0.5) is 11.6 Å². The van der Waals surface area contributed by atoms with E-state index in [9.17, 15) is 4.79 Å². The van der Waals surface area contributed by atoms with Crippen LogP contribution in [0.2, 0.25) is 5.15 Å². The number of ether oxygens (including phenoxy) is 1. The number of methoxy groups -OCH3 is 1. The van der Waals surface area contributed by atoms with Crippen molar-refractivity contribution in [3.8, 4) is 11.1 Å². The highest BCUT2D eigenvalue weighted by Gasteiger charge is 2.27. The van der Waals surface area contributed by atoms with E-state index in [1.165, 1.54) is 7.11 Å². The monoisotopic (exact) mass is 395 g/mol. The van der Waals surface area contributed by atoms with Crippen LogP contribution in [0.25, 0.3) is 11.1 Å². The van der Waals surface area contributed by atoms with Gasteiger partial charge in [-0.2, -0.15) is 0 Å². The van der Waals surface area contributed by atoms with Crippen LogP contribution in [0.5, 0.6) is 0 Å². The summed E-state index contributed by atoms with van der Waals surface area (Å²) in [6.45, 7) is 1.82. The molecule has 0 saturated heterocycles. The fourth-order valence-corrected chi connectivity index (χ4v) is 3.38. The van der Waals surface area contributed by atoms with Crippen molar-refractivity contribution in [2.24, 2.45) is 0 Å². The van der Waals surface area contributed by atoms with E-state index in [0.717, 1.165) is 29.8 Å². The largest absolute Gasteiger partial charge is 0.465 e. The number of anilines is 2. The first-order valence-electron chi connectivity index (χ1n) is 8.87. The normalized spacial score (nSPS) is 13.2. The second kappa shape index (κ2) is 7.52. The highest BCUT2D eigenvalue weighted by Crippen LogP contribution is 2.39. The lowest BCUT2D eigenvalue weighted by Crippen LogP contribution is -2.10. The van der Waals surface area contributed by atoms with Gasteiger partial charge in [-0.3, -0.25) is 4.98 Å². The number of halogens is 1. The zero-order valence-corrected chi connectivity index (χ0v) is 16.2. The number of nitrogens with zero attached hydrogens (tertiary/aromatic N) is 4. The van der Waals surface area contributed by atoms with E-state index in [1.54, 1.807) is 24.7 Å². The SMILES string of the molecule is COC(=O)c1c(Cl)nc(Nc2ccnc(C3CC3)n2)c(-c2ccncc2)c1C. The van der Waals surface area contributed by atoms with E-state index in [0.29, 0.717) is 23.1 Å². The second-order valence-corrected chi connectivity index (χ2v) is 6.91. The summed E-state index contributed by atoms with van der Waals surface area (Å²) in [6.07, 6.45) is 7.32. The number of pyridine rings is 2. The van der Waals surface area contributed by atoms with Gasteiger partial charge in [0, 0.05) is 30.1 Å². The third-order valence-corrected chi connectivity index (χ3v) is 4.90. The van der Waals surface area contributed by atoms with Crippen LogP contribution < -0.4 is 5.32 Å². The van der Waals surface area contributed by atoms with Crippen molar-refractivity contribution in [3.63, 3.8) is 0 Å². The summed E-state index contributed by atoms with van der Waals surface area (Å²) in [5, 5.41) is 3.31. The standard InChI is InChI=1S/C20H18ClN5O2/c1-11-15(12-5-8-22-9-6-12)19(26-17(21)16(11)20(27)28-2)25-14-7-10-23-18(24-14)13-3-4-13/h5-10,13H,3-4H2,1-2H3,(H,23,24,25,26). The molecule has 0 radical (unpaired) electrons. The van der Waals surface area contributed by atoms with E-state index in [4.69, 9.17) is 16.3 Å². The lowest BCUT2D eigenvalue weighted by Gasteiger charge is -2.17. The van der Waals surface area contributed by atoms with E-state index in [-0.39, 0.29) is 10.7 Å². The van der Waals surface area contributed by atoms with Gasteiger partial charge < -0.3 is 10.1 Å². The van der Waals surface area contributed by atoms with Crippen LogP contribution >= 0.6 is 11.6 Å². The van der Waals surface area contributed by atoms with Crippen molar-refractivity contribution in [3.05, 3.63) is 58.9 Å². The maximum absolute atomic E-state index is 12.2.